The first-order chi connectivity index (χ1) is 30.0. The van der Waals surface area contributed by atoms with Crippen LogP contribution in [0, 0.1) is 7.26 Å². The average molecular weight is 1090 g/mol. The van der Waals surface area contributed by atoms with Crippen LogP contribution in [0.25, 0.3) is 22.7 Å². The van der Waals surface area contributed by atoms with Gasteiger partial charge in [0.1, 0.15) is 0 Å². The van der Waals surface area contributed by atoms with Gasteiger partial charge in [-0.25, -0.2) is 0 Å². The quantitative estimate of drug-likeness (QED) is 0.124. The van der Waals surface area contributed by atoms with Gasteiger partial charge < -0.3 is 5.11 Å². The molecule has 4 aromatic carbocycles. The van der Waals surface area contributed by atoms with E-state index in [4.69, 9.17) is 9.90 Å². The number of aliphatic carboxylic acids is 1. The maximum atomic E-state index is 9.00. The number of hydrogen-bond acceptors (Lipinski definition) is 1. The number of imidazole rings is 2. The van der Waals surface area contributed by atoms with Crippen LogP contribution in [0.15, 0.2) is 97.6 Å². The number of para-hydroxylation sites is 4. The number of rotatable bonds is 12. The molecule has 1 N–H and O–H groups in total. The van der Waals surface area contributed by atoms with Gasteiger partial charge in [0.25, 0.3) is 5.97 Å². The summed E-state index contributed by atoms with van der Waals surface area (Å²) in [5, 5.41) is 7.42. The molecule has 2 aromatic heterocycles. The van der Waals surface area contributed by atoms with Crippen LogP contribution in [0.3, 0.4) is 0 Å². The van der Waals surface area contributed by atoms with E-state index in [0.717, 1.165) is 14.2 Å². The zero-order valence-corrected chi connectivity index (χ0v) is 45.8. The van der Waals surface area contributed by atoms with Crippen molar-refractivity contribution in [1.82, 2.24) is 18.3 Å². The third-order valence-electron chi connectivity index (χ3n) is 11.8. The molecule has 6 rings (SSSR count). The minimum atomic E-state index is -0.833. The van der Waals surface area contributed by atoms with Crippen LogP contribution in [0.1, 0.15) is 210 Å². The summed E-state index contributed by atoms with van der Waals surface area (Å²) in [6.07, 6.45) is 8.82. The second-order valence-corrected chi connectivity index (χ2v) is 20.8. The fourth-order valence-electron chi connectivity index (χ4n) is 8.51. The maximum Gasteiger partial charge on any atom is -0.147 e. The summed E-state index contributed by atoms with van der Waals surface area (Å²) in [5.41, 5.74) is 16.3. The Morgan fingerprint density at radius 1 is 0.369 bits per heavy atom. The summed E-state index contributed by atoms with van der Waals surface area (Å²) >= 11 is 8.01. The van der Waals surface area contributed by atoms with E-state index in [1.807, 2.05) is 0 Å². The van der Waals surface area contributed by atoms with Gasteiger partial charge >= 0.3 is 390 Å². The van der Waals surface area contributed by atoms with Crippen molar-refractivity contribution < 1.29 is 51.1 Å². The molecule has 0 atom stereocenters. The van der Waals surface area contributed by atoms with Gasteiger partial charge in [0, 0.05) is 6.92 Å². The van der Waals surface area contributed by atoms with E-state index >= 15 is 0 Å². The largest absolute Gasteiger partial charge is 0.147 e. The van der Waals surface area contributed by atoms with Gasteiger partial charge in [0.2, 0.25) is 0 Å². The SMILES string of the molecule is CC(=O)O.CC(C)c1cccc(C(C)C)c1-n1ccn(-c2c(C(C)C)cccc2C(C)C)[c]1=[Ag].CC(C)c1cccc(C(C)C)c1-n1ccn(-c2c(C(C)C)cccc2C(C)C)[c]1=[Ag].Cl. The summed E-state index contributed by atoms with van der Waals surface area (Å²) in [6.45, 7) is 37.5. The molecule has 0 radical (unpaired) electrons. The second-order valence-electron chi connectivity index (χ2n) is 19.4. The average Bonchev–Trinajstić information content (AvgIpc) is 3.80. The summed E-state index contributed by atoms with van der Waals surface area (Å²) in [5.74, 6) is 2.80. The van der Waals surface area contributed by atoms with Crippen molar-refractivity contribution in [2.24, 2.45) is 0 Å². The first-order valence-corrected chi connectivity index (χ1v) is 24.7. The van der Waals surface area contributed by atoms with Crippen LogP contribution in [-0.2, 0) is 46.0 Å². The van der Waals surface area contributed by atoms with Crippen molar-refractivity contribution in [3.05, 3.63) is 149 Å². The van der Waals surface area contributed by atoms with E-state index in [0.29, 0.717) is 47.3 Å². The van der Waals surface area contributed by atoms with E-state index in [1.165, 1.54) is 67.3 Å². The Morgan fingerprint density at radius 3 is 0.600 bits per heavy atom. The molecule has 6 nitrogen and oxygen atoms in total. The topological polar surface area (TPSA) is 57.0 Å². The number of halogens is 1. The van der Waals surface area contributed by atoms with Crippen LogP contribution in [0.2, 0.25) is 0 Å². The summed E-state index contributed by atoms with van der Waals surface area (Å²) in [6, 6.07) is 26.9. The van der Waals surface area contributed by atoms with Crippen LogP contribution in [0.5, 0.6) is 0 Å². The number of carbonyl (C=O) groups is 1. The monoisotopic (exact) mass is 1090 g/mol. The van der Waals surface area contributed by atoms with Crippen LogP contribution >= 0.6 is 12.4 Å². The Kier molecular flexibility index (Phi) is 21.1. The van der Waals surface area contributed by atoms with Crippen molar-refractivity contribution in [2.75, 3.05) is 0 Å². The van der Waals surface area contributed by atoms with Crippen molar-refractivity contribution >= 4 is 18.4 Å². The van der Waals surface area contributed by atoms with Gasteiger partial charge in [0.05, 0.1) is 0 Å². The normalized spacial score (nSPS) is 11.5. The molecule has 0 aliphatic heterocycles. The van der Waals surface area contributed by atoms with Gasteiger partial charge in [-0.2, -0.15) is 0 Å². The molecule has 9 heteroatoms. The molecule has 0 bridgehead atoms. The zero-order valence-electron chi connectivity index (χ0n) is 42.0. The number of benzene rings is 4. The molecule has 65 heavy (non-hydrogen) atoms. The fraction of sp³-hybridized carbons (Fsp3) is 0.446. The summed E-state index contributed by atoms with van der Waals surface area (Å²) in [4.78, 5) is 9.00. The molecule has 0 spiro atoms. The minimum Gasteiger partial charge on any atom is -0.147 e. The van der Waals surface area contributed by atoms with E-state index < -0.39 is 5.97 Å². The molecule has 0 aliphatic rings. The van der Waals surface area contributed by atoms with E-state index in [9.17, 15) is 0 Å². The molecule has 0 saturated carbocycles. The third kappa shape index (κ3) is 13.0. The summed E-state index contributed by atoms with van der Waals surface area (Å²) in [7, 11) is 0. The van der Waals surface area contributed by atoms with E-state index in [-0.39, 0.29) is 12.4 Å². The Labute approximate surface area is 421 Å². The minimum absolute atomic E-state index is 0. The molecule has 0 saturated heterocycles. The molecule has 0 aliphatic carbocycles. The predicted octanol–water partition coefficient (Wildman–Crippen LogP) is 16.2. The number of carboxylic acids is 1. The van der Waals surface area contributed by atoms with Crippen LogP contribution in [-0.4, -0.2) is 29.3 Å². The smallest absolute Gasteiger partial charge is 0.147 e. The molecule has 0 amide bonds. The fourth-order valence-corrected chi connectivity index (χ4v) is 9.62. The van der Waals surface area contributed by atoms with Gasteiger partial charge in [-0.3, -0.25) is 4.79 Å². The molecular weight excluding hydrogens is 1010 g/mol. The van der Waals surface area contributed by atoms with Gasteiger partial charge in [-0.05, 0) is 0 Å². The summed E-state index contributed by atoms with van der Waals surface area (Å²) < 4.78 is 11.4. The van der Waals surface area contributed by atoms with Crippen LogP contribution in [0.4, 0.5) is 0 Å². The van der Waals surface area contributed by atoms with E-state index in [1.54, 1.807) is 0 Å². The molecule has 6 aromatic rings. The zero-order chi connectivity index (χ0) is 47.9. The first-order valence-electron chi connectivity index (χ1n) is 23.2. The van der Waals surface area contributed by atoms with Gasteiger partial charge in [0.15, 0.2) is 0 Å². The number of nitrogens with zero attached hydrogens (tertiary/aromatic N) is 4. The Balaban J connectivity index is 0.000000315. The molecule has 0 fully saturated rings. The third-order valence-corrected chi connectivity index (χ3v) is 13.2. The molecular formula is C56H77Ag2ClN4O2. The van der Waals surface area contributed by atoms with Crippen LogP contribution < -0.4 is 0 Å². The van der Waals surface area contributed by atoms with Crippen molar-refractivity contribution in [3.8, 4) is 22.7 Å². The predicted molar refractivity (Wildman–Crippen MR) is 270 cm³/mol. The molecule has 0 unspecified atom stereocenters. The number of hydrogen-bond donors (Lipinski definition) is 1. The Hall–Kier alpha value is -3.46. The Bertz CT molecular complexity index is 2180. The maximum absolute atomic E-state index is 9.00. The second kappa shape index (κ2) is 24.5. The standard InChI is InChI=1S/2C27H36N2.C2H4O2.2Ag.ClH/c2*1-18(2)22-11-9-12-23(19(3)4)26(22)28-15-16-29(17-28)27-24(20(5)6)13-10-14-25(27)21(7)8;1-2(3)4;;;/h2*9-16,18-21H,1-8H3;1H3,(H,3,4);;;1H. The van der Waals surface area contributed by atoms with Crippen molar-refractivity contribution in [2.45, 2.75) is 165 Å². The van der Waals surface area contributed by atoms with Gasteiger partial charge in [-0.15, -0.1) is 12.4 Å². The molecule has 2 heterocycles. The Morgan fingerprint density at radius 2 is 0.492 bits per heavy atom. The van der Waals surface area contributed by atoms with Gasteiger partial charge in [-0.1, -0.05) is 0 Å². The van der Waals surface area contributed by atoms with Crippen molar-refractivity contribution in [3.63, 3.8) is 0 Å². The first kappa shape index (κ1) is 55.9. The number of aromatic nitrogens is 4. The van der Waals surface area contributed by atoms with E-state index in [2.05, 4.69) is 268 Å². The number of carboxylic acid groups (broad SMARTS) is 1. The molecule has 362 valence electrons. The van der Waals surface area contributed by atoms with Crippen molar-refractivity contribution in [1.29, 1.82) is 0 Å².